The van der Waals surface area contributed by atoms with E-state index in [-0.39, 0.29) is 12.3 Å². The highest BCUT2D eigenvalue weighted by Gasteiger charge is 2.08. The van der Waals surface area contributed by atoms with Gasteiger partial charge in [0.15, 0.2) is 5.22 Å². The van der Waals surface area contributed by atoms with Crippen molar-refractivity contribution in [1.29, 1.82) is 0 Å². The normalized spacial score (nSPS) is 10.2. The summed E-state index contributed by atoms with van der Waals surface area (Å²) in [5.74, 6) is 1.23. The van der Waals surface area contributed by atoms with Gasteiger partial charge >= 0.3 is 0 Å². The van der Waals surface area contributed by atoms with E-state index in [9.17, 15) is 4.79 Å². The summed E-state index contributed by atoms with van der Waals surface area (Å²) in [6, 6.07) is 10.8. The molecular weight excluding hydrogens is 266 g/mol. The molecule has 0 atom stereocenters. The lowest BCUT2D eigenvalue weighted by atomic mass is 10.1. The SMILES string of the molecule is COc1ccccc1CC(=O)NCc1ccc(Cl)o1. The molecule has 1 aromatic heterocycles. The minimum absolute atomic E-state index is 0.1000. The third kappa shape index (κ3) is 3.76. The maximum absolute atomic E-state index is 11.8. The third-order valence-electron chi connectivity index (χ3n) is 2.63. The Bertz CT molecular complexity index is 565. The second-order valence-corrected chi connectivity index (χ2v) is 4.34. The molecule has 0 fully saturated rings. The maximum atomic E-state index is 11.8. The van der Waals surface area contributed by atoms with Gasteiger partial charge in [0.25, 0.3) is 0 Å². The van der Waals surface area contributed by atoms with Crippen LogP contribution in [0.5, 0.6) is 5.75 Å². The molecule has 0 saturated carbocycles. The van der Waals surface area contributed by atoms with Gasteiger partial charge in [-0.3, -0.25) is 4.79 Å². The lowest BCUT2D eigenvalue weighted by molar-refractivity contribution is -0.120. The van der Waals surface area contributed by atoms with E-state index >= 15 is 0 Å². The number of carbonyl (C=O) groups is 1. The van der Waals surface area contributed by atoms with Gasteiger partial charge in [-0.05, 0) is 29.8 Å². The zero-order valence-electron chi connectivity index (χ0n) is 10.5. The van der Waals surface area contributed by atoms with Crippen LogP contribution in [0.15, 0.2) is 40.8 Å². The third-order valence-corrected chi connectivity index (χ3v) is 2.84. The van der Waals surface area contributed by atoms with Crippen LogP contribution in [0.4, 0.5) is 0 Å². The fraction of sp³-hybridized carbons (Fsp3) is 0.214. The number of furan rings is 1. The van der Waals surface area contributed by atoms with Crippen LogP contribution in [0.25, 0.3) is 0 Å². The molecule has 4 nitrogen and oxygen atoms in total. The summed E-state index contributed by atoms with van der Waals surface area (Å²) < 4.78 is 10.4. The van der Waals surface area contributed by atoms with E-state index < -0.39 is 0 Å². The predicted molar refractivity (Wildman–Crippen MR) is 72.3 cm³/mol. The minimum atomic E-state index is -0.1000. The number of rotatable bonds is 5. The fourth-order valence-corrected chi connectivity index (χ4v) is 1.88. The molecule has 0 spiro atoms. The second kappa shape index (κ2) is 6.29. The summed E-state index contributed by atoms with van der Waals surface area (Å²) in [5.41, 5.74) is 0.847. The summed E-state index contributed by atoms with van der Waals surface area (Å²) in [4.78, 5) is 11.8. The summed E-state index contributed by atoms with van der Waals surface area (Å²) in [7, 11) is 1.58. The van der Waals surface area contributed by atoms with E-state index in [0.717, 1.165) is 5.56 Å². The number of hydrogen-bond acceptors (Lipinski definition) is 3. The summed E-state index contributed by atoms with van der Waals surface area (Å²) in [5, 5.41) is 3.08. The van der Waals surface area contributed by atoms with Gasteiger partial charge in [0, 0.05) is 5.56 Å². The average Bonchev–Trinajstić information content (AvgIpc) is 2.83. The highest BCUT2D eigenvalue weighted by molar-refractivity contribution is 6.28. The molecule has 1 N–H and O–H groups in total. The maximum Gasteiger partial charge on any atom is 0.224 e. The van der Waals surface area contributed by atoms with Crippen molar-refractivity contribution in [3.8, 4) is 5.75 Å². The fourth-order valence-electron chi connectivity index (χ4n) is 1.72. The molecule has 2 aromatic rings. The molecule has 1 heterocycles. The lowest BCUT2D eigenvalue weighted by Crippen LogP contribution is -2.24. The van der Waals surface area contributed by atoms with Crippen molar-refractivity contribution in [1.82, 2.24) is 5.32 Å². The number of hydrogen-bond donors (Lipinski definition) is 1. The van der Waals surface area contributed by atoms with Crippen LogP contribution in [0.3, 0.4) is 0 Å². The van der Waals surface area contributed by atoms with Crippen molar-refractivity contribution in [2.24, 2.45) is 0 Å². The average molecular weight is 280 g/mol. The molecule has 1 amide bonds. The first-order valence-corrected chi connectivity index (χ1v) is 6.19. The van der Waals surface area contributed by atoms with E-state index in [1.165, 1.54) is 0 Å². The van der Waals surface area contributed by atoms with Crippen molar-refractivity contribution in [2.75, 3.05) is 7.11 Å². The van der Waals surface area contributed by atoms with Crippen molar-refractivity contribution in [3.05, 3.63) is 52.9 Å². The Morgan fingerprint density at radius 3 is 2.79 bits per heavy atom. The molecule has 5 heteroatoms. The van der Waals surface area contributed by atoms with Crippen molar-refractivity contribution in [3.63, 3.8) is 0 Å². The number of halogens is 1. The van der Waals surface area contributed by atoms with Gasteiger partial charge in [-0.1, -0.05) is 18.2 Å². The number of amides is 1. The second-order valence-electron chi connectivity index (χ2n) is 3.97. The molecule has 0 aliphatic carbocycles. The first kappa shape index (κ1) is 13.5. The number of carbonyl (C=O) groups excluding carboxylic acids is 1. The van der Waals surface area contributed by atoms with E-state index in [4.69, 9.17) is 20.8 Å². The Morgan fingerprint density at radius 1 is 1.32 bits per heavy atom. The Balaban J connectivity index is 1.90. The first-order valence-electron chi connectivity index (χ1n) is 5.82. The van der Waals surface area contributed by atoms with Crippen LogP contribution in [0, 0.1) is 0 Å². The van der Waals surface area contributed by atoms with Crippen LogP contribution >= 0.6 is 11.6 Å². The van der Waals surface area contributed by atoms with Crippen molar-refractivity contribution in [2.45, 2.75) is 13.0 Å². The monoisotopic (exact) mass is 279 g/mol. The van der Waals surface area contributed by atoms with Crippen LogP contribution in [0.1, 0.15) is 11.3 Å². The summed E-state index contributed by atoms with van der Waals surface area (Å²) in [6.07, 6.45) is 0.262. The van der Waals surface area contributed by atoms with E-state index in [0.29, 0.717) is 23.3 Å². The van der Waals surface area contributed by atoms with Gasteiger partial charge < -0.3 is 14.5 Å². The van der Waals surface area contributed by atoms with Gasteiger partial charge in [-0.25, -0.2) is 0 Å². The van der Waals surface area contributed by atoms with Gasteiger partial charge in [0.1, 0.15) is 11.5 Å². The Hall–Kier alpha value is -1.94. The summed E-state index contributed by atoms with van der Waals surface area (Å²) >= 11 is 5.65. The van der Waals surface area contributed by atoms with Gasteiger partial charge in [-0.2, -0.15) is 0 Å². The quantitative estimate of drug-likeness (QED) is 0.916. The standard InChI is InChI=1S/C14H14ClNO3/c1-18-12-5-3-2-4-10(12)8-14(17)16-9-11-6-7-13(15)19-11/h2-7H,8-9H2,1H3,(H,16,17). The van der Waals surface area contributed by atoms with Gasteiger partial charge in [-0.15, -0.1) is 0 Å². The highest BCUT2D eigenvalue weighted by atomic mass is 35.5. The molecular formula is C14H14ClNO3. The zero-order valence-corrected chi connectivity index (χ0v) is 11.2. The molecule has 0 aliphatic heterocycles. The number of ether oxygens (including phenoxy) is 1. The molecule has 2 rings (SSSR count). The minimum Gasteiger partial charge on any atom is -0.496 e. The first-order chi connectivity index (χ1) is 9.19. The van der Waals surface area contributed by atoms with Crippen LogP contribution in [-0.2, 0) is 17.8 Å². The molecule has 19 heavy (non-hydrogen) atoms. The molecule has 0 radical (unpaired) electrons. The van der Waals surface area contributed by atoms with E-state index in [1.807, 2.05) is 24.3 Å². The molecule has 100 valence electrons. The van der Waals surface area contributed by atoms with Crippen molar-refractivity contribution < 1.29 is 13.9 Å². The molecule has 0 unspecified atom stereocenters. The topological polar surface area (TPSA) is 51.5 Å². The lowest BCUT2D eigenvalue weighted by Gasteiger charge is -2.08. The van der Waals surface area contributed by atoms with E-state index in [2.05, 4.69) is 5.32 Å². The molecule has 0 bridgehead atoms. The molecule has 1 aromatic carbocycles. The Kier molecular flexibility index (Phi) is 4.47. The van der Waals surface area contributed by atoms with Crippen LogP contribution in [-0.4, -0.2) is 13.0 Å². The smallest absolute Gasteiger partial charge is 0.224 e. The Labute approximate surface area is 116 Å². The molecule has 0 aliphatic rings. The van der Waals surface area contributed by atoms with Crippen LogP contribution < -0.4 is 10.1 Å². The van der Waals surface area contributed by atoms with Crippen LogP contribution in [0.2, 0.25) is 5.22 Å². The van der Waals surface area contributed by atoms with E-state index in [1.54, 1.807) is 19.2 Å². The number of benzene rings is 1. The number of methoxy groups -OCH3 is 1. The van der Waals surface area contributed by atoms with Crippen molar-refractivity contribution >= 4 is 17.5 Å². The van der Waals surface area contributed by atoms with Gasteiger partial charge in [0.2, 0.25) is 5.91 Å². The Morgan fingerprint density at radius 2 is 2.11 bits per heavy atom. The number of para-hydroxylation sites is 1. The largest absolute Gasteiger partial charge is 0.496 e. The summed E-state index contributed by atoms with van der Waals surface area (Å²) in [6.45, 7) is 0.320. The number of nitrogens with one attached hydrogen (secondary N) is 1. The van der Waals surface area contributed by atoms with Gasteiger partial charge in [0.05, 0.1) is 20.1 Å². The highest BCUT2D eigenvalue weighted by Crippen LogP contribution is 2.18. The predicted octanol–water partition coefficient (Wildman–Crippen LogP) is 2.80. The zero-order chi connectivity index (χ0) is 13.7. The molecule has 0 saturated heterocycles.